The van der Waals surface area contributed by atoms with Crippen LogP contribution in [0.15, 0.2) is 21.5 Å². The van der Waals surface area contributed by atoms with Crippen molar-refractivity contribution >= 4 is 31.6 Å². The van der Waals surface area contributed by atoms with Crippen molar-refractivity contribution in [3.05, 3.63) is 32.3 Å². The first kappa shape index (κ1) is 14.9. The SMILES string of the molecule is NS(=O)(=O)c1cc([N+](=O)[O-])cc(Br)c1C(F)(F)F. The van der Waals surface area contributed by atoms with Crippen molar-refractivity contribution < 1.29 is 26.5 Å². The van der Waals surface area contributed by atoms with E-state index in [1.165, 1.54) is 0 Å². The van der Waals surface area contributed by atoms with Gasteiger partial charge in [-0.3, -0.25) is 10.1 Å². The highest BCUT2D eigenvalue weighted by Crippen LogP contribution is 2.40. The number of nitrogens with two attached hydrogens (primary N) is 1. The van der Waals surface area contributed by atoms with Crippen LogP contribution >= 0.6 is 15.9 Å². The monoisotopic (exact) mass is 348 g/mol. The maximum absolute atomic E-state index is 12.7. The zero-order chi connectivity index (χ0) is 14.3. The number of alkyl halides is 3. The maximum Gasteiger partial charge on any atom is 0.418 e. The number of rotatable bonds is 2. The molecule has 2 N–H and O–H groups in total. The Morgan fingerprint density at radius 1 is 1.33 bits per heavy atom. The van der Waals surface area contributed by atoms with Gasteiger partial charge in [0.05, 0.1) is 10.5 Å². The summed E-state index contributed by atoms with van der Waals surface area (Å²) in [7, 11) is -4.75. The number of hydrogen-bond donors (Lipinski definition) is 1. The van der Waals surface area contributed by atoms with Crippen molar-refractivity contribution in [2.45, 2.75) is 11.1 Å². The molecule has 6 nitrogen and oxygen atoms in total. The lowest BCUT2D eigenvalue weighted by Crippen LogP contribution is -2.20. The summed E-state index contributed by atoms with van der Waals surface area (Å²) in [5.41, 5.74) is -2.39. The summed E-state index contributed by atoms with van der Waals surface area (Å²) in [5, 5.41) is 15.1. The minimum absolute atomic E-state index is 0.267. The van der Waals surface area contributed by atoms with E-state index >= 15 is 0 Å². The van der Waals surface area contributed by atoms with E-state index in [1.54, 1.807) is 0 Å². The van der Waals surface area contributed by atoms with E-state index in [2.05, 4.69) is 21.1 Å². The van der Waals surface area contributed by atoms with Crippen molar-refractivity contribution in [1.29, 1.82) is 0 Å². The summed E-state index contributed by atoms with van der Waals surface area (Å²) in [6, 6.07) is 0.820. The van der Waals surface area contributed by atoms with E-state index in [1.807, 2.05) is 0 Å². The Morgan fingerprint density at radius 2 is 1.83 bits per heavy atom. The topological polar surface area (TPSA) is 103 Å². The molecule has 0 heterocycles. The lowest BCUT2D eigenvalue weighted by atomic mass is 10.2. The van der Waals surface area contributed by atoms with Crippen LogP contribution < -0.4 is 5.14 Å². The van der Waals surface area contributed by atoms with Gasteiger partial charge >= 0.3 is 6.18 Å². The molecule has 1 aromatic rings. The van der Waals surface area contributed by atoms with Crippen LogP contribution in [0, 0.1) is 10.1 Å². The Hall–Kier alpha value is -1.20. The summed E-state index contributed by atoms with van der Waals surface area (Å²) in [5.74, 6) is 0. The van der Waals surface area contributed by atoms with Gasteiger partial charge in [-0.25, -0.2) is 13.6 Å². The van der Waals surface area contributed by atoms with Crippen molar-refractivity contribution in [1.82, 2.24) is 0 Å². The van der Waals surface area contributed by atoms with E-state index in [9.17, 15) is 31.7 Å². The third-order valence-corrected chi connectivity index (χ3v) is 3.40. The molecule has 11 heteroatoms. The molecule has 0 aliphatic carbocycles. The fourth-order valence-electron chi connectivity index (χ4n) is 1.17. The molecule has 0 aromatic heterocycles. The van der Waals surface area contributed by atoms with E-state index in [-0.39, 0.29) is 6.07 Å². The number of nitro benzene ring substituents is 1. The third kappa shape index (κ3) is 2.97. The second-order valence-electron chi connectivity index (χ2n) is 3.10. The maximum atomic E-state index is 12.7. The van der Waals surface area contributed by atoms with Gasteiger partial charge in [0, 0.05) is 16.6 Å². The fraction of sp³-hybridized carbons (Fsp3) is 0.143. The first-order valence-electron chi connectivity index (χ1n) is 4.02. The molecule has 100 valence electrons. The summed E-state index contributed by atoms with van der Waals surface area (Å²) >= 11 is 2.45. The standard InChI is InChI=1S/C7H4BrF3N2O4S/c8-4-1-3(13(14)15)2-5(18(12,16)17)6(4)7(9,10)11/h1-2H,(H2,12,16,17). The van der Waals surface area contributed by atoms with Gasteiger partial charge in [0.15, 0.2) is 0 Å². The van der Waals surface area contributed by atoms with Crippen molar-refractivity contribution in [3.8, 4) is 0 Å². The molecular formula is C7H4BrF3N2O4S. The van der Waals surface area contributed by atoms with Crippen LogP contribution in [-0.2, 0) is 16.2 Å². The van der Waals surface area contributed by atoms with E-state index in [0.717, 1.165) is 0 Å². The van der Waals surface area contributed by atoms with Gasteiger partial charge in [0.1, 0.15) is 4.90 Å². The van der Waals surface area contributed by atoms with Crippen LogP contribution in [0.1, 0.15) is 5.56 Å². The predicted molar refractivity (Wildman–Crippen MR) is 57.2 cm³/mol. The molecule has 0 unspecified atom stereocenters. The minimum Gasteiger partial charge on any atom is -0.258 e. The van der Waals surface area contributed by atoms with Gasteiger partial charge < -0.3 is 0 Å². The predicted octanol–water partition coefficient (Wildman–Crippen LogP) is 2.02. The quantitative estimate of drug-likeness (QED) is 0.652. The number of primary sulfonamides is 1. The third-order valence-electron chi connectivity index (χ3n) is 1.84. The zero-order valence-corrected chi connectivity index (χ0v) is 10.6. The van der Waals surface area contributed by atoms with Crippen LogP contribution in [0.25, 0.3) is 0 Å². The average Bonchev–Trinajstić information content (AvgIpc) is 2.12. The molecule has 0 spiro atoms. The summed E-state index contributed by atoms with van der Waals surface area (Å²) in [6.07, 6.45) is -5.02. The second kappa shape index (κ2) is 4.48. The Labute approximate surface area is 107 Å². The molecule has 0 radical (unpaired) electrons. The van der Waals surface area contributed by atoms with Crippen molar-refractivity contribution in [2.75, 3.05) is 0 Å². The van der Waals surface area contributed by atoms with Crippen LogP contribution in [0.3, 0.4) is 0 Å². The lowest BCUT2D eigenvalue weighted by Gasteiger charge is -2.13. The number of sulfonamides is 1. The molecule has 0 aliphatic rings. The summed E-state index contributed by atoms with van der Waals surface area (Å²) < 4.78 is 59.3. The van der Waals surface area contributed by atoms with Gasteiger partial charge in [-0.2, -0.15) is 13.2 Å². The molecule has 0 bridgehead atoms. The Balaban J connectivity index is 3.78. The summed E-state index contributed by atoms with van der Waals surface area (Å²) in [4.78, 5) is 8.08. The van der Waals surface area contributed by atoms with Gasteiger partial charge in [-0.05, 0) is 15.9 Å². The lowest BCUT2D eigenvalue weighted by molar-refractivity contribution is -0.385. The number of nitrogens with zero attached hydrogens (tertiary/aromatic N) is 1. The average molecular weight is 349 g/mol. The molecule has 1 rings (SSSR count). The minimum atomic E-state index is -5.02. The van der Waals surface area contributed by atoms with Crippen molar-refractivity contribution in [2.24, 2.45) is 5.14 Å². The Bertz CT molecular complexity index is 614. The molecule has 0 atom stereocenters. The van der Waals surface area contributed by atoms with Gasteiger partial charge in [0.25, 0.3) is 5.69 Å². The normalized spacial score (nSPS) is 12.5. The molecule has 0 saturated carbocycles. The first-order valence-corrected chi connectivity index (χ1v) is 6.36. The highest BCUT2D eigenvalue weighted by atomic mass is 79.9. The second-order valence-corrected chi connectivity index (χ2v) is 5.48. The van der Waals surface area contributed by atoms with E-state index in [4.69, 9.17) is 0 Å². The van der Waals surface area contributed by atoms with Gasteiger partial charge in [-0.15, -0.1) is 0 Å². The van der Waals surface area contributed by atoms with Gasteiger partial charge in [-0.1, -0.05) is 0 Å². The van der Waals surface area contributed by atoms with Crippen LogP contribution in [0.5, 0.6) is 0 Å². The molecule has 0 fully saturated rings. The molecule has 0 aliphatic heterocycles. The van der Waals surface area contributed by atoms with E-state index < -0.39 is 41.7 Å². The largest absolute Gasteiger partial charge is 0.418 e. The number of hydrogen-bond acceptors (Lipinski definition) is 4. The number of non-ortho nitro benzene ring substituents is 1. The molecule has 0 saturated heterocycles. The highest BCUT2D eigenvalue weighted by Gasteiger charge is 2.40. The number of halogens is 4. The summed E-state index contributed by atoms with van der Waals surface area (Å²) in [6.45, 7) is 0. The Morgan fingerprint density at radius 3 is 2.17 bits per heavy atom. The molecule has 0 amide bonds. The highest BCUT2D eigenvalue weighted by molar-refractivity contribution is 9.10. The molecule has 18 heavy (non-hydrogen) atoms. The number of benzene rings is 1. The van der Waals surface area contributed by atoms with E-state index in [0.29, 0.717) is 6.07 Å². The zero-order valence-electron chi connectivity index (χ0n) is 8.23. The van der Waals surface area contributed by atoms with Crippen LogP contribution in [0.2, 0.25) is 0 Å². The van der Waals surface area contributed by atoms with Crippen LogP contribution in [0.4, 0.5) is 18.9 Å². The Kier molecular flexibility index (Phi) is 3.70. The fourth-order valence-corrected chi connectivity index (χ4v) is 2.77. The van der Waals surface area contributed by atoms with Crippen molar-refractivity contribution in [3.63, 3.8) is 0 Å². The number of nitro groups is 1. The first-order chi connectivity index (χ1) is 7.94. The molecular weight excluding hydrogens is 345 g/mol. The van der Waals surface area contributed by atoms with Crippen LogP contribution in [-0.4, -0.2) is 13.3 Å². The van der Waals surface area contributed by atoms with Gasteiger partial charge in [0.2, 0.25) is 10.0 Å². The smallest absolute Gasteiger partial charge is 0.258 e. The molecule has 1 aromatic carbocycles.